The molecule has 1 fully saturated rings. The summed E-state index contributed by atoms with van der Waals surface area (Å²) >= 11 is 0. The molecule has 190 valence electrons. The molecule has 4 heteroatoms. The normalized spacial score (nSPS) is 15.5. The van der Waals surface area contributed by atoms with Crippen LogP contribution in [-0.2, 0) is 18.3 Å². The van der Waals surface area contributed by atoms with Crippen LogP contribution in [0.3, 0.4) is 0 Å². The number of halogens is 2. The SMILES string of the molecule is CC1CCC(c2ccc(Cc3ccc(N)c(F)c3)cc2)(c2ccc(Cc3ccc(N)c(F)c3)cc2)CC1. The van der Waals surface area contributed by atoms with Gasteiger partial charge in [0.15, 0.2) is 0 Å². The number of nitrogen functional groups attached to an aromatic ring is 2. The van der Waals surface area contributed by atoms with Crippen LogP contribution in [-0.4, -0.2) is 0 Å². The number of hydrogen-bond acceptors (Lipinski definition) is 2. The lowest BCUT2D eigenvalue weighted by molar-refractivity contribution is 0.280. The van der Waals surface area contributed by atoms with Crippen molar-refractivity contribution in [2.24, 2.45) is 5.92 Å². The Bertz CT molecular complexity index is 1270. The molecule has 0 spiro atoms. The van der Waals surface area contributed by atoms with Crippen LogP contribution in [0.1, 0.15) is 66.0 Å². The van der Waals surface area contributed by atoms with Crippen molar-refractivity contribution in [3.05, 3.63) is 130 Å². The van der Waals surface area contributed by atoms with Gasteiger partial charge in [-0.2, -0.15) is 0 Å². The minimum atomic E-state index is -0.366. The lowest BCUT2D eigenvalue weighted by atomic mass is 9.63. The molecule has 0 aliphatic heterocycles. The highest BCUT2D eigenvalue weighted by Crippen LogP contribution is 2.46. The van der Waals surface area contributed by atoms with E-state index in [0.29, 0.717) is 12.8 Å². The smallest absolute Gasteiger partial charge is 0.146 e. The first-order valence-electron chi connectivity index (χ1n) is 13.1. The molecule has 37 heavy (non-hydrogen) atoms. The summed E-state index contributed by atoms with van der Waals surface area (Å²) < 4.78 is 27.8. The van der Waals surface area contributed by atoms with Crippen molar-refractivity contribution in [3.63, 3.8) is 0 Å². The standard InChI is InChI=1S/C33H34F2N2/c1-22-14-16-33(17-15-22,27-8-2-23(3-9-27)18-25-6-12-31(36)29(34)20-25)28-10-4-24(5-11-28)19-26-7-13-32(37)30(35)21-26/h2-13,20-22H,14-19,36-37H2,1H3. The minimum Gasteiger partial charge on any atom is -0.396 e. The van der Waals surface area contributed by atoms with Gasteiger partial charge in [-0.05, 0) is 102 Å². The molecule has 0 heterocycles. The highest BCUT2D eigenvalue weighted by atomic mass is 19.1. The third kappa shape index (κ3) is 5.39. The summed E-state index contributed by atoms with van der Waals surface area (Å²) in [5.74, 6) is -0.00347. The summed E-state index contributed by atoms with van der Waals surface area (Å²) in [5, 5.41) is 0. The summed E-state index contributed by atoms with van der Waals surface area (Å²) in [6, 6.07) is 27.8. The maximum atomic E-state index is 13.9. The molecule has 0 atom stereocenters. The lowest BCUT2D eigenvalue weighted by Crippen LogP contribution is -2.32. The monoisotopic (exact) mass is 496 g/mol. The third-order valence-corrected chi connectivity index (χ3v) is 8.09. The van der Waals surface area contributed by atoms with Crippen LogP contribution in [0.2, 0.25) is 0 Å². The number of rotatable bonds is 6. The Morgan fingerprint density at radius 3 is 1.38 bits per heavy atom. The molecule has 0 amide bonds. The molecule has 2 nitrogen and oxygen atoms in total. The van der Waals surface area contributed by atoms with Crippen molar-refractivity contribution >= 4 is 11.4 Å². The predicted octanol–water partition coefficient (Wildman–Crippen LogP) is 7.81. The Hall–Kier alpha value is -3.66. The molecule has 4 N–H and O–H groups in total. The van der Waals surface area contributed by atoms with Gasteiger partial charge >= 0.3 is 0 Å². The zero-order chi connectivity index (χ0) is 26.0. The molecule has 1 aliphatic rings. The molecule has 4 aromatic carbocycles. The van der Waals surface area contributed by atoms with Crippen LogP contribution in [0.4, 0.5) is 20.2 Å². The number of benzene rings is 4. The van der Waals surface area contributed by atoms with Gasteiger partial charge in [-0.15, -0.1) is 0 Å². The summed E-state index contributed by atoms with van der Waals surface area (Å²) in [6.07, 6.45) is 5.94. The first-order valence-corrected chi connectivity index (χ1v) is 13.1. The molecule has 1 saturated carbocycles. The molecule has 5 rings (SSSR count). The van der Waals surface area contributed by atoms with Crippen LogP contribution >= 0.6 is 0 Å². The fourth-order valence-electron chi connectivity index (χ4n) is 5.71. The second-order valence-corrected chi connectivity index (χ2v) is 10.7. The second kappa shape index (κ2) is 10.4. The van der Waals surface area contributed by atoms with E-state index in [2.05, 4.69) is 55.5 Å². The van der Waals surface area contributed by atoms with Gasteiger partial charge in [0, 0.05) is 5.41 Å². The highest BCUT2D eigenvalue weighted by Gasteiger charge is 2.37. The van der Waals surface area contributed by atoms with Crippen LogP contribution in [0.25, 0.3) is 0 Å². The van der Waals surface area contributed by atoms with Crippen LogP contribution < -0.4 is 11.5 Å². The second-order valence-electron chi connectivity index (χ2n) is 10.7. The highest BCUT2D eigenvalue weighted by molar-refractivity contribution is 5.46. The summed E-state index contributed by atoms with van der Waals surface area (Å²) in [6.45, 7) is 2.34. The quantitative estimate of drug-likeness (QED) is 0.268. The molecule has 4 aromatic rings. The van der Waals surface area contributed by atoms with E-state index in [1.54, 1.807) is 12.1 Å². The van der Waals surface area contributed by atoms with E-state index < -0.39 is 0 Å². The van der Waals surface area contributed by atoms with E-state index in [4.69, 9.17) is 11.5 Å². The summed E-state index contributed by atoms with van der Waals surface area (Å²) in [7, 11) is 0. The van der Waals surface area contributed by atoms with Gasteiger partial charge < -0.3 is 11.5 Å². The van der Waals surface area contributed by atoms with E-state index >= 15 is 0 Å². The molecular weight excluding hydrogens is 462 g/mol. The minimum absolute atomic E-state index is 0.0236. The van der Waals surface area contributed by atoms with Crippen molar-refractivity contribution in [1.29, 1.82) is 0 Å². The zero-order valence-electron chi connectivity index (χ0n) is 21.3. The topological polar surface area (TPSA) is 52.0 Å². The van der Waals surface area contributed by atoms with Gasteiger partial charge in [-0.1, -0.05) is 67.6 Å². The zero-order valence-corrected chi connectivity index (χ0v) is 21.3. The van der Waals surface area contributed by atoms with E-state index in [-0.39, 0.29) is 28.4 Å². The average Bonchev–Trinajstić information content (AvgIpc) is 2.90. The maximum absolute atomic E-state index is 13.9. The molecule has 0 saturated heterocycles. The number of anilines is 2. The predicted molar refractivity (Wildman–Crippen MR) is 149 cm³/mol. The largest absolute Gasteiger partial charge is 0.396 e. The van der Waals surface area contributed by atoms with Gasteiger partial charge in [0.1, 0.15) is 11.6 Å². The van der Waals surface area contributed by atoms with Crippen molar-refractivity contribution < 1.29 is 8.78 Å². The Labute approximate surface area is 218 Å². The Balaban J connectivity index is 1.39. The first-order chi connectivity index (χ1) is 17.8. The summed E-state index contributed by atoms with van der Waals surface area (Å²) in [5.41, 5.74) is 18.4. The van der Waals surface area contributed by atoms with Gasteiger partial charge in [-0.3, -0.25) is 0 Å². The van der Waals surface area contributed by atoms with Gasteiger partial charge in [0.2, 0.25) is 0 Å². The van der Waals surface area contributed by atoms with Gasteiger partial charge in [0.25, 0.3) is 0 Å². The molecule has 0 radical (unpaired) electrons. The first kappa shape index (κ1) is 25.0. The number of hydrogen-bond donors (Lipinski definition) is 2. The fraction of sp³-hybridized carbons (Fsp3) is 0.273. The Kier molecular flexibility index (Phi) is 7.01. The van der Waals surface area contributed by atoms with Crippen LogP contribution in [0, 0.1) is 17.6 Å². The van der Waals surface area contributed by atoms with Crippen molar-refractivity contribution in [3.8, 4) is 0 Å². The maximum Gasteiger partial charge on any atom is 0.146 e. The molecule has 0 unspecified atom stereocenters. The number of nitrogens with two attached hydrogens (primary N) is 2. The fourth-order valence-corrected chi connectivity index (χ4v) is 5.71. The third-order valence-electron chi connectivity index (χ3n) is 8.09. The molecule has 1 aliphatic carbocycles. The molecule has 0 aromatic heterocycles. The van der Waals surface area contributed by atoms with Crippen molar-refractivity contribution in [2.45, 2.75) is 50.9 Å². The van der Waals surface area contributed by atoms with Gasteiger partial charge in [-0.25, -0.2) is 8.78 Å². The molecule has 0 bridgehead atoms. The van der Waals surface area contributed by atoms with E-state index in [0.717, 1.165) is 41.0 Å². The van der Waals surface area contributed by atoms with Crippen molar-refractivity contribution in [2.75, 3.05) is 11.5 Å². The Morgan fingerprint density at radius 2 is 1.00 bits per heavy atom. The van der Waals surface area contributed by atoms with Crippen molar-refractivity contribution in [1.82, 2.24) is 0 Å². The lowest BCUT2D eigenvalue weighted by Gasteiger charge is -2.41. The summed E-state index contributed by atoms with van der Waals surface area (Å²) in [4.78, 5) is 0. The van der Waals surface area contributed by atoms with E-state index in [9.17, 15) is 8.78 Å². The van der Waals surface area contributed by atoms with Crippen LogP contribution in [0.5, 0.6) is 0 Å². The van der Waals surface area contributed by atoms with E-state index in [1.807, 2.05) is 12.1 Å². The van der Waals surface area contributed by atoms with E-state index in [1.165, 1.54) is 36.1 Å². The van der Waals surface area contributed by atoms with Gasteiger partial charge in [0.05, 0.1) is 11.4 Å². The molecular formula is C33H34F2N2. The average molecular weight is 497 g/mol. The van der Waals surface area contributed by atoms with Crippen LogP contribution in [0.15, 0.2) is 84.9 Å². The Morgan fingerprint density at radius 1 is 0.622 bits per heavy atom.